The Balaban J connectivity index is 1.71. The van der Waals surface area contributed by atoms with Gasteiger partial charge in [-0.05, 0) is 74.0 Å². The third kappa shape index (κ3) is 2.23. The Morgan fingerprint density at radius 3 is 2.75 bits per heavy atom. The molecule has 0 amide bonds. The minimum Gasteiger partial charge on any atom is -0.433 e. The van der Waals surface area contributed by atoms with Gasteiger partial charge < -0.3 is 9.84 Å². The standard InChI is InChI=1S/C21H32O3/c1-14(22)24-21(23)13-12-19(2)11-9-17-16(18(19)21)8-7-15-6-4-5-10-20(15,17)3/h6,16-18,23H,4-5,7-13H2,1-3H3/t16-,17+,18+,19-,20+,21?/m1/s1. The molecule has 3 nitrogen and oxygen atoms in total. The summed E-state index contributed by atoms with van der Waals surface area (Å²) in [6, 6.07) is 0. The lowest BCUT2D eigenvalue weighted by Crippen LogP contribution is -2.55. The minimum atomic E-state index is -1.24. The van der Waals surface area contributed by atoms with Crippen LogP contribution in [0.4, 0.5) is 0 Å². The van der Waals surface area contributed by atoms with Crippen molar-refractivity contribution in [2.45, 2.75) is 84.3 Å². The van der Waals surface area contributed by atoms with Crippen molar-refractivity contribution in [3.63, 3.8) is 0 Å². The Morgan fingerprint density at radius 2 is 2.00 bits per heavy atom. The number of allylic oxidation sites excluding steroid dienone is 2. The van der Waals surface area contributed by atoms with Gasteiger partial charge in [-0.25, -0.2) is 0 Å². The first kappa shape index (κ1) is 16.6. The molecule has 0 aliphatic heterocycles. The summed E-state index contributed by atoms with van der Waals surface area (Å²) in [6.45, 7) is 6.22. The predicted octanol–water partition coefficient (Wildman–Crippen LogP) is 4.59. The van der Waals surface area contributed by atoms with E-state index in [1.165, 1.54) is 39.0 Å². The van der Waals surface area contributed by atoms with Gasteiger partial charge in [0.15, 0.2) is 0 Å². The highest BCUT2D eigenvalue weighted by atomic mass is 16.7. The maximum Gasteiger partial charge on any atom is 0.305 e. The predicted molar refractivity (Wildman–Crippen MR) is 93.0 cm³/mol. The zero-order valence-corrected chi connectivity index (χ0v) is 15.4. The summed E-state index contributed by atoms with van der Waals surface area (Å²) in [5.41, 5.74) is 2.10. The molecule has 3 fully saturated rings. The SMILES string of the molecule is CC(=O)OC1(O)CC[C@@]2(C)CC[C@H]3[C@@H](CCC4=CCCC[C@@]43C)[C@H]12. The second kappa shape index (κ2) is 5.33. The number of carbonyl (C=O) groups excluding carboxylic acids is 1. The van der Waals surface area contributed by atoms with Crippen molar-refractivity contribution in [1.29, 1.82) is 0 Å². The summed E-state index contributed by atoms with van der Waals surface area (Å²) >= 11 is 0. The van der Waals surface area contributed by atoms with Gasteiger partial charge in [-0.2, -0.15) is 0 Å². The molecule has 0 heterocycles. The van der Waals surface area contributed by atoms with Crippen molar-refractivity contribution in [2.24, 2.45) is 28.6 Å². The Hall–Kier alpha value is -0.830. The summed E-state index contributed by atoms with van der Waals surface area (Å²) < 4.78 is 5.55. The van der Waals surface area contributed by atoms with Gasteiger partial charge in [0.25, 0.3) is 0 Å². The number of esters is 1. The van der Waals surface area contributed by atoms with Crippen LogP contribution >= 0.6 is 0 Å². The van der Waals surface area contributed by atoms with Crippen LogP contribution in [0.1, 0.15) is 78.6 Å². The second-order valence-corrected chi connectivity index (χ2v) is 9.46. The third-order valence-corrected chi connectivity index (χ3v) is 8.17. The number of aliphatic hydroxyl groups is 1. The molecular formula is C21H32O3. The van der Waals surface area contributed by atoms with E-state index in [1.54, 1.807) is 5.57 Å². The fourth-order valence-electron chi connectivity index (χ4n) is 7.18. The molecule has 4 aliphatic carbocycles. The molecule has 3 heteroatoms. The van der Waals surface area contributed by atoms with Crippen LogP contribution < -0.4 is 0 Å². The first-order valence-electron chi connectivity index (χ1n) is 9.90. The number of rotatable bonds is 1. The van der Waals surface area contributed by atoms with E-state index in [4.69, 9.17) is 4.74 Å². The van der Waals surface area contributed by atoms with Gasteiger partial charge in [0, 0.05) is 19.3 Å². The number of hydrogen-bond donors (Lipinski definition) is 1. The summed E-state index contributed by atoms with van der Waals surface area (Å²) in [7, 11) is 0. The number of carbonyl (C=O) groups is 1. The lowest BCUT2D eigenvalue weighted by atomic mass is 9.47. The Kier molecular flexibility index (Phi) is 3.69. The van der Waals surface area contributed by atoms with Gasteiger partial charge in [-0.3, -0.25) is 4.79 Å². The van der Waals surface area contributed by atoms with E-state index in [1.807, 2.05) is 0 Å². The average molecular weight is 332 g/mol. The van der Waals surface area contributed by atoms with Crippen LogP contribution in [0.25, 0.3) is 0 Å². The fraction of sp³-hybridized carbons (Fsp3) is 0.857. The molecule has 0 spiro atoms. The van der Waals surface area contributed by atoms with E-state index in [0.717, 1.165) is 19.3 Å². The molecule has 4 rings (SSSR count). The maximum atomic E-state index is 11.6. The van der Waals surface area contributed by atoms with Crippen molar-refractivity contribution >= 4 is 5.97 Å². The van der Waals surface area contributed by atoms with Crippen molar-refractivity contribution in [2.75, 3.05) is 0 Å². The second-order valence-electron chi connectivity index (χ2n) is 9.46. The molecular weight excluding hydrogens is 300 g/mol. The maximum absolute atomic E-state index is 11.6. The molecule has 134 valence electrons. The van der Waals surface area contributed by atoms with Gasteiger partial charge in [0.05, 0.1) is 0 Å². The summed E-state index contributed by atoms with van der Waals surface area (Å²) in [5.74, 6) is -0.361. The molecule has 0 bridgehead atoms. The molecule has 6 atom stereocenters. The molecule has 4 aliphatic rings. The molecule has 3 saturated carbocycles. The highest BCUT2D eigenvalue weighted by molar-refractivity contribution is 5.66. The van der Waals surface area contributed by atoms with E-state index >= 15 is 0 Å². The molecule has 0 aromatic carbocycles. The number of hydrogen-bond acceptors (Lipinski definition) is 3. The van der Waals surface area contributed by atoms with Crippen molar-refractivity contribution in [1.82, 2.24) is 0 Å². The molecule has 1 N–H and O–H groups in total. The van der Waals surface area contributed by atoms with Crippen molar-refractivity contribution < 1.29 is 14.6 Å². The highest BCUT2D eigenvalue weighted by Crippen LogP contribution is 2.67. The Labute approximate surface area is 145 Å². The van der Waals surface area contributed by atoms with Gasteiger partial charge in [0.1, 0.15) is 0 Å². The van der Waals surface area contributed by atoms with Crippen LogP contribution in [-0.4, -0.2) is 16.9 Å². The lowest BCUT2D eigenvalue weighted by molar-refractivity contribution is -0.250. The Bertz CT molecular complexity index is 582. The first-order chi connectivity index (χ1) is 11.3. The quantitative estimate of drug-likeness (QED) is 0.434. The molecule has 0 aromatic heterocycles. The van der Waals surface area contributed by atoms with Crippen molar-refractivity contribution in [3.05, 3.63) is 11.6 Å². The first-order valence-corrected chi connectivity index (χ1v) is 9.90. The zero-order valence-electron chi connectivity index (χ0n) is 15.4. The zero-order chi connectivity index (χ0) is 17.2. The van der Waals surface area contributed by atoms with Gasteiger partial charge in [-0.15, -0.1) is 0 Å². The molecule has 0 radical (unpaired) electrons. The summed E-state index contributed by atoms with van der Waals surface area (Å²) in [5, 5.41) is 11.3. The summed E-state index contributed by atoms with van der Waals surface area (Å²) in [4.78, 5) is 11.6. The van der Waals surface area contributed by atoms with Crippen LogP contribution in [0.3, 0.4) is 0 Å². The Morgan fingerprint density at radius 1 is 1.21 bits per heavy atom. The van der Waals surface area contributed by atoms with E-state index in [2.05, 4.69) is 19.9 Å². The highest BCUT2D eigenvalue weighted by Gasteiger charge is 2.64. The normalized spacial score (nSPS) is 50.3. The number of ether oxygens (including phenoxy) is 1. The van der Waals surface area contributed by atoms with Gasteiger partial charge in [0.2, 0.25) is 5.79 Å². The monoisotopic (exact) mass is 332 g/mol. The average Bonchev–Trinajstić information content (AvgIpc) is 2.77. The molecule has 0 saturated heterocycles. The van der Waals surface area contributed by atoms with Gasteiger partial charge in [-0.1, -0.05) is 25.5 Å². The molecule has 1 unspecified atom stereocenters. The summed E-state index contributed by atoms with van der Waals surface area (Å²) in [6.07, 6.45) is 12.6. The lowest BCUT2D eigenvalue weighted by Gasteiger charge is -2.58. The minimum absolute atomic E-state index is 0.105. The van der Waals surface area contributed by atoms with Crippen LogP contribution in [0.15, 0.2) is 11.6 Å². The largest absolute Gasteiger partial charge is 0.433 e. The van der Waals surface area contributed by atoms with E-state index < -0.39 is 5.79 Å². The van der Waals surface area contributed by atoms with E-state index in [9.17, 15) is 9.90 Å². The van der Waals surface area contributed by atoms with Crippen LogP contribution in [-0.2, 0) is 9.53 Å². The van der Waals surface area contributed by atoms with Crippen molar-refractivity contribution in [3.8, 4) is 0 Å². The molecule has 0 aromatic rings. The van der Waals surface area contributed by atoms with Crippen LogP contribution in [0.5, 0.6) is 0 Å². The topological polar surface area (TPSA) is 46.5 Å². The van der Waals surface area contributed by atoms with Gasteiger partial charge >= 0.3 is 5.97 Å². The fourth-order valence-corrected chi connectivity index (χ4v) is 7.18. The van der Waals surface area contributed by atoms with E-state index in [0.29, 0.717) is 23.7 Å². The number of fused-ring (bicyclic) bond motifs is 5. The molecule has 24 heavy (non-hydrogen) atoms. The third-order valence-electron chi connectivity index (χ3n) is 8.17. The van der Waals surface area contributed by atoms with Crippen LogP contribution in [0, 0.1) is 28.6 Å². The smallest absolute Gasteiger partial charge is 0.305 e. The van der Waals surface area contributed by atoms with Crippen LogP contribution in [0.2, 0.25) is 0 Å². The van der Waals surface area contributed by atoms with E-state index in [-0.39, 0.29) is 17.3 Å².